The summed E-state index contributed by atoms with van der Waals surface area (Å²) in [6.45, 7) is 2.28. The van der Waals surface area contributed by atoms with E-state index in [0.717, 1.165) is 29.5 Å². The van der Waals surface area contributed by atoms with E-state index in [9.17, 15) is 4.79 Å². The minimum atomic E-state index is 0.0880. The van der Waals surface area contributed by atoms with Gasteiger partial charge < -0.3 is 5.32 Å². The van der Waals surface area contributed by atoms with Crippen molar-refractivity contribution in [3.05, 3.63) is 16.1 Å². The third kappa shape index (κ3) is 3.95. The van der Waals surface area contributed by atoms with Gasteiger partial charge in [-0.1, -0.05) is 6.92 Å². The highest BCUT2D eigenvalue weighted by molar-refractivity contribution is 7.09. The van der Waals surface area contributed by atoms with Crippen LogP contribution in [0.2, 0.25) is 0 Å². The second-order valence-electron chi connectivity index (χ2n) is 5.07. The maximum Gasteiger partial charge on any atom is 0.227 e. The number of rotatable bonds is 4. The van der Waals surface area contributed by atoms with Crippen LogP contribution in [0.5, 0.6) is 0 Å². The molecule has 0 saturated heterocycles. The highest BCUT2D eigenvalue weighted by Crippen LogP contribution is 2.23. The molecular weight excluding hydrogens is 268 g/mol. The van der Waals surface area contributed by atoms with Crippen molar-refractivity contribution in [1.29, 1.82) is 0 Å². The van der Waals surface area contributed by atoms with E-state index in [-0.39, 0.29) is 5.91 Å². The topological polar surface area (TPSA) is 42.0 Å². The molecule has 1 amide bonds. The maximum atomic E-state index is 11.9. The number of thiazole rings is 1. The normalized spacial score (nSPS) is 23.9. The first-order valence-corrected chi connectivity index (χ1v) is 7.87. The quantitative estimate of drug-likeness (QED) is 0.864. The lowest BCUT2D eigenvalue weighted by Gasteiger charge is -2.26. The summed E-state index contributed by atoms with van der Waals surface area (Å²) < 4.78 is 0. The van der Waals surface area contributed by atoms with E-state index < -0.39 is 0 Å². The van der Waals surface area contributed by atoms with Crippen LogP contribution in [0.1, 0.15) is 43.3 Å². The SMILES string of the molecule is CC1CCC(NC(=O)Cc2nc(CCl)cs2)CC1. The lowest BCUT2D eigenvalue weighted by Crippen LogP contribution is -2.38. The van der Waals surface area contributed by atoms with E-state index in [2.05, 4.69) is 17.2 Å². The van der Waals surface area contributed by atoms with Gasteiger partial charge in [0, 0.05) is 11.4 Å². The van der Waals surface area contributed by atoms with E-state index in [4.69, 9.17) is 11.6 Å². The predicted octanol–water partition coefficient (Wildman–Crippen LogP) is 3.12. The first-order valence-electron chi connectivity index (χ1n) is 6.46. The standard InChI is InChI=1S/C13H19ClN2OS/c1-9-2-4-10(5-3-9)15-12(17)6-13-16-11(7-14)8-18-13/h8-10H,2-7H2,1H3,(H,15,17). The summed E-state index contributed by atoms with van der Waals surface area (Å²) in [5.74, 6) is 1.31. The molecule has 0 aromatic carbocycles. The average Bonchev–Trinajstić information content (AvgIpc) is 2.79. The fourth-order valence-electron chi connectivity index (χ4n) is 2.31. The molecule has 0 radical (unpaired) electrons. The number of aromatic nitrogens is 1. The molecule has 2 rings (SSSR count). The van der Waals surface area contributed by atoms with Crippen molar-refractivity contribution in [2.45, 2.75) is 50.9 Å². The van der Waals surface area contributed by atoms with Gasteiger partial charge in [-0.25, -0.2) is 4.98 Å². The molecule has 3 nitrogen and oxygen atoms in total. The second kappa shape index (κ2) is 6.53. The Balaban J connectivity index is 1.78. The molecule has 1 aliphatic rings. The summed E-state index contributed by atoms with van der Waals surface area (Å²) >= 11 is 7.20. The lowest BCUT2D eigenvalue weighted by atomic mass is 9.87. The largest absolute Gasteiger partial charge is 0.353 e. The number of alkyl halides is 1. The Morgan fingerprint density at radius 2 is 2.22 bits per heavy atom. The Bertz CT molecular complexity index is 399. The monoisotopic (exact) mass is 286 g/mol. The van der Waals surface area contributed by atoms with Crippen molar-refractivity contribution in [3.8, 4) is 0 Å². The number of nitrogens with one attached hydrogen (secondary N) is 1. The van der Waals surface area contributed by atoms with Gasteiger partial charge in [-0.15, -0.1) is 22.9 Å². The summed E-state index contributed by atoms with van der Waals surface area (Å²) in [4.78, 5) is 16.2. The van der Waals surface area contributed by atoms with Crippen molar-refractivity contribution in [2.75, 3.05) is 0 Å². The third-order valence-electron chi connectivity index (χ3n) is 3.43. The molecule has 0 atom stereocenters. The fourth-order valence-corrected chi connectivity index (χ4v) is 3.33. The Kier molecular flexibility index (Phi) is 5.01. The van der Waals surface area contributed by atoms with Crippen LogP contribution in [-0.2, 0) is 17.1 Å². The van der Waals surface area contributed by atoms with Crippen molar-refractivity contribution < 1.29 is 4.79 Å². The number of hydrogen-bond donors (Lipinski definition) is 1. The van der Waals surface area contributed by atoms with Crippen LogP contribution in [0.3, 0.4) is 0 Å². The fraction of sp³-hybridized carbons (Fsp3) is 0.692. The molecule has 1 heterocycles. The average molecular weight is 287 g/mol. The van der Waals surface area contributed by atoms with Crippen LogP contribution in [0.15, 0.2) is 5.38 Å². The molecule has 0 bridgehead atoms. The molecule has 18 heavy (non-hydrogen) atoms. The molecule has 1 fully saturated rings. The summed E-state index contributed by atoms with van der Waals surface area (Å²) in [6, 6.07) is 0.362. The van der Waals surface area contributed by atoms with Crippen molar-refractivity contribution in [1.82, 2.24) is 10.3 Å². The first kappa shape index (κ1) is 13.8. The van der Waals surface area contributed by atoms with E-state index in [1.807, 2.05) is 5.38 Å². The predicted molar refractivity (Wildman–Crippen MR) is 74.9 cm³/mol. The van der Waals surface area contributed by atoms with Gasteiger partial charge in [0.2, 0.25) is 5.91 Å². The van der Waals surface area contributed by atoms with Gasteiger partial charge >= 0.3 is 0 Å². The minimum absolute atomic E-state index is 0.0880. The van der Waals surface area contributed by atoms with Gasteiger partial charge in [0.1, 0.15) is 5.01 Å². The zero-order valence-electron chi connectivity index (χ0n) is 10.6. The van der Waals surface area contributed by atoms with Crippen LogP contribution >= 0.6 is 22.9 Å². The number of carbonyl (C=O) groups is 1. The smallest absolute Gasteiger partial charge is 0.227 e. The maximum absolute atomic E-state index is 11.9. The second-order valence-corrected chi connectivity index (χ2v) is 6.28. The van der Waals surface area contributed by atoms with Crippen LogP contribution in [-0.4, -0.2) is 16.9 Å². The van der Waals surface area contributed by atoms with Gasteiger partial charge in [-0.2, -0.15) is 0 Å². The Labute approximate surface area is 117 Å². The molecule has 0 spiro atoms. The van der Waals surface area contributed by atoms with E-state index in [0.29, 0.717) is 18.3 Å². The summed E-state index contributed by atoms with van der Waals surface area (Å²) in [5.41, 5.74) is 0.857. The van der Waals surface area contributed by atoms with Crippen LogP contribution in [0.4, 0.5) is 0 Å². The van der Waals surface area contributed by atoms with E-state index in [1.165, 1.54) is 24.2 Å². The Morgan fingerprint density at radius 3 is 2.83 bits per heavy atom. The van der Waals surface area contributed by atoms with Gasteiger partial charge in [0.15, 0.2) is 0 Å². The molecular formula is C13H19ClN2OS. The zero-order valence-corrected chi connectivity index (χ0v) is 12.2. The molecule has 1 saturated carbocycles. The number of nitrogens with zero attached hydrogens (tertiary/aromatic N) is 1. The first-order chi connectivity index (χ1) is 8.67. The van der Waals surface area contributed by atoms with E-state index >= 15 is 0 Å². The van der Waals surface area contributed by atoms with Crippen LogP contribution < -0.4 is 5.32 Å². The zero-order chi connectivity index (χ0) is 13.0. The molecule has 1 N–H and O–H groups in total. The van der Waals surface area contributed by atoms with Gasteiger partial charge in [-0.05, 0) is 31.6 Å². The molecule has 0 unspecified atom stereocenters. The molecule has 1 aliphatic carbocycles. The van der Waals surface area contributed by atoms with Crippen LogP contribution in [0.25, 0.3) is 0 Å². The summed E-state index contributed by atoms with van der Waals surface area (Å²) in [7, 11) is 0. The number of amides is 1. The Hall–Kier alpha value is -0.610. The van der Waals surface area contributed by atoms with Gasteiger partial charge in [0.25, 0.3) is 0 Å². The Morgan fingerprint density at radius 1 is 1.50 bits per heavy atom. The highest BCUT2D eigenvalue weighted by Gasteiger charge is 2.20. The number of halogens is 1. The highest BCUT2D eigenvalue weighted by atomic mass is 35.5. The lowest BCUT2D eigenvalue weighted by molar-refractivity contribution is -0.121. The van der Waals surface area contributed by atoms with Crippen LogP contribution in [0, 0.1) is 5.92 Å². The third-order valence-corrected chi connectivity index (χ3v) is 4.60. The van der Waals surface area contributed by atoms with Gasteiger partial charge in [-0.3, -0.25) is 4.79 Å². The minimum Gasteiger partial charge on any atom is -0.353 e. The molecule has 0 aliphatic heterocycles. The van der Waals surface area contributed by atoms with Gasteiger partial charge in [0.05, 0.1) is 18.0 Å². The molecule has 1 aromatic rings. The molecule has 100 valence electrons. The number of hydrogen-bond acceptors (Lipinski definition) is 3. The summed E-state index contributed by atoms with van der Waals surface area (Å²) in [5, 5.41) is 5.88. The van der Waals surface area contributed by atoms with Crippen molar-refractivity contribution >= 4 is 28.8 Å². The molecule has 1 aromatic heterocycles. The number of carbonyl (C=O) groups excluding carboxylic acids is 1. The van der Waals surface area contributed by atoms with Crippen molar-refractivity contribution in [2.24, 2.45) is 5.92 Å². The van der Waals surface area contributed by atoms with E-state index in [1.54, 1.807) is 0 Å². The van der Waals surface area contributed by atoms with Crippen molar-refractivity contribution in [3.63, 3.8) is 0 Å². The molecule has 5 heteroatoms. The summed E-state index contributed by atoms with van der Waals surface area (Å²) in [6.07, 6.45) is 5.04.